The van der Waals surface area contributed by atoms with Crippen molar-refractivity contribution < 1.29 is 13.7 Å². The average molecular weight is 361 g/mol. The van der Waals surface area contributed by atoms with Crippen LogP contribution in [-0.4, -0.2) is 35.8 Å². The highest BCUT2D eigenvalue weighted by atomic mass is 19.1. The molecule has 0 radical (unpaired) electrons. The zero-order valence-electron chi connectivity index (χ0n) is 17.0. The van der Waals surface area contributed by atoms with Crippen LogP contribution in [0.3, 0.4) is 0 Å². The van der Waals surface area contributed by atoms with Crippen LogP contribution >= 0.6 is 0 Å². The molecule has 3 nitrogen and oxygen atoms in total. The molecule has 0 aromatic heterocycles. The molecule has 0 spiro atoms. The lowest BCUT2D eigenvalue weighted by atomic mass is 9.77. The highest BCUT2D eigenvalue weighted by Gasteiger charge is 2.52. The van der Waals surface area contributed by atoms with Crippen LogP contribution in [0.4, 0.5) is 4.39 Å². The summed E-state index contributed by atoms with van der Waals surface area (Å²) in [5, 5.41) is 0. The van der Waals surface area contributed by atoms with Gasteiger partial charge >= 0.3 is 7.12 Å². The van der Waals surface area contributed by atoms with Gasteiger partial charge in [0.05, 0.1) is 11.2 Å². The van der Waals surface area contributed by atoms with Gasteiger partial charge in [0, 0.05) is 23.6 Å². The zero-order chi connectivity index (χ0) is 18.9. The molecule has 144 valence electrons. The van der Waals surface area contributed by atoms with Gasteiger partial charge < -0.3 is 9.31 Å². The minimum absolute atomic E-state index is 0.174. The van der Waals surface area contributed by atoms with Crippen molar-refractivity contribution in [3.63, 3.8) is 0 Å². The Bertz CT molecular complexity index is 616. The minimum Gasteiger partial charge on any atom is -0.399 e. The third-order valence-electron chi connectivity index (χ3n) is 6.36. The van der Waals surface area contributed by atoms with E-state index < -0.39 is 18.3 Å². The molecule has 2 fully saturated rings. The van der Waals surface area contributed by atoms with Crippen molar-refractivity contribution in [1.82, 2.24) is 4.90 Å². The molecule has 2 heterocycles. The van der Waals surface area contributed by atoms with Gasteiger partial charge in [-0.25, -0.2) is 4.39 Å². The fourth-order valence-corrected chi connectivity index (χ4v) is 4.02. The summed E-state index contributed by atoms with van der Waals surface area (Å²) in [6.07, 6.45) is 6.10. The Morgan fingerprint density at radius 1 is 1.15 bits per heavy atom. The second-order valence-electron chi connectivity index (χ2n) is 8.82. The Morgan fingerprint density at radius 3 is 2.50 bits per heavy atom. The average Bonchev–Trinajstić information content (AvgIpc) is 2.79. The molecule has 0 unspecified atom stereocenters. The molecule has 26 heavy (non-hydrogen) atoms. The first-order valence-corrected chi connectivity index (χ1v) is 10.1. The Balaban J connectivity index is 1.80. The van der Waals surface area contributed by atoms with Gasteiger partial charge in [0.25, 0.3) is 0 Å². The van der Waals surface area contributed by atoms with E-state index in [9.17, 15) is 0 Å². The van der Waals surface area contributed by atoms with E-state index in [0.29, 0.717) is 18.0 Å². The van der Waals surface area contributed by atoms with Gasteiger partial charge in [-0.05, 0) is 53.5 Å². The molecule has 0 bridgehead atoms. The predicted octanol–water partition coefficient (Wildman–Crippen LogP) is 4.28. The molecule has 3 rings (SSSR count). The summed E-state index contributed by atoms with van der Waals surface area (Å²) in [6.45, 7) is 12.0. The molecule has 0 aliphatic carbocycles. The Hall–Kier alpha value is -0.905. The van der Waals surface area contributed by atoms with Crippen LogP contribution in [0.15, 0.2) is 18.2 Å². The maximum Gasteiger partial charge on any atom is 0.497 e. The smallest absolute Gasteiger partial charge is 0.399 e. The first-order chi connectivity index (χ1) is 12.2. The molecule has 2 aliphatic rings. The topological polar surface area (TPSA) is 21.7 Å². The predicted molar refractivity (Wildman–Crippen MR) is 105 cm³/mol. The van der Waals surface area contributed by atoms with Crippen molar-refractivity contribution in [2.24, 2.45) is 0 Å². The molecule has 0 saturated carbocycles. The lowest BCUT2D eigenvalue weighted by Gasteiger charge is -2.36. The van der Waals surface area contributed by atoms with E-state index in [4.69, 9.17) is 9.31 Å². The molecule has 1 aromatic carbocycles. The maximum atomic E-state index is 15.3. The fraction of sp³-hybridized carbons (Fsp3) is 0.714. The SMILES string of the molecule is CCC[C@@H]1CCCCN1Cc1cccc(B2OC(C)(C)C(C)(C)O2)c1F. The summed E-state index contributed by atoms with van der Waals surface area (Å²) in [7, 11) is -0.646. The van der Waals surface area contributed by atoms with E-state index in [-0.39, 0.29) is 5.82 Å². The van der Waals surface area contributed by atoms with E-state index in [1.807, 2.05) is 39.8 Å². The van der Waals surface area contributed by atoms with Gasteiger partial charge in [-0.15, -0.1) is 0 Å². The molecule has 5 heteroatoms. The molecular formula is C21H33BFNO2. The second kappa shape index (κ2) is 7.61. The zero-order valence-corrected chi connectivity index (χ0v) is 17.0. The lowest BCUT2D eigenvalue weighted by Crippen LogP contribution is -2.41. The molecule has 1 atom stereocenters. The highest BCUT2D eigenvalue weighted by molar-refractivity contribution is 6.62. The quantitative estimate of drug-likeness (QED) is 0.731. The number of nitrogens with zero attached hydrogens (tertiary/aromatic N) is 1. The van der Waals surface area contributed by atoms with Crippen LogP contribution < -0.4 is 5.46 Å². The van der Waals surface area contributed by atoms with E-state index in [2.05, 4.69) is 11.8 Å². The molecule has 2 aliphatic heterocycles. The van der Waals surface area contributed by atoms with Gasteiger partial charge in [0.2, 0.25) is 0 Å². The summed E-state index contributed by atoms with van der Waals surface area (Å²) in [5.74, 6) is -0.174. The summed E-state index contributed by atoms with van der Waals surface area (Å²) in [6, 6.07) is 6.20. The first-order valence-electron chi connectivity index (χ1n) is 10.1. The minimum atomic E-state index is -0.646. The van der Waals surface area contributed by atoms with E-state index in [1.54, 1.807) is 6.07 Å². The number of benzene rings is 1. The Kier molecular flexibility index (Phi) is 5.81. The van der Waals surface area contributed by atoms with Crippen LogP contribution in [0.2, 0.25) is 0 Å². The maximum absolute atomic E-state index is 15.3. The van der Waals surface area contributed by atoms with E-state index >= 15 is 4.39 Å². The number of piperidine rings is 1. The van der Waals surface area contributed by atoms with E-state index in [1.165, 1.54) is 32.1 Å². The summed E-state index contributed by atoms with van der Waals surface area (Å²) in [5.41, 5.74) is 0.351. The van der Waals surface area contributed by atoms with Gasteiger partial charge in [-0.2, -0.15) is 0 Å². The van der Waals surface area contributed by atoms with E-state index in [0.717, 1.165) is 12.1 Å². The Morgan fingerprint density at radius 2 is 1.85 bits per heavy atom. The standard InChI is InChI=1S/C21H33BFNO2/c1-6-10-17-12-7-8-14-24(17)15-16-11-9-13-18(19(16)23)22-25-20(2,3)21(4,5)26-22/h9,11,13,17H,6-8,10,12,14-15H2,1-5H3/t17-/m1/s1. The van der Waals surface area contributed by atoms with Crippen LogP contribution in [-0.2, 0) is 15.9 Å². The lowest BCUT2D eigenvalue weighted by molar-refractivity contribution is 0.00578. The van der Waals surface area contributed by atoms with Crippen molar-refractivity contribution in [3.8, 4) is 0 Å². The largest absolute Gasteiger partial charge is 0.497 e. The summed E-state index contributed by atoms with van der Waals surface area (Å²) in [4.78, 5) is 2.46. The van der Waals surface area contributed by atoms with Crippen LogP contribution in [0.25, 0.3) is 0 Å². The van der Waals surface area contributed by atoms with Crippen LogP contribution in [0, 0.1) is 5.82 Å². The first kappa shape index (κ1) is 19.8. The van der Waals surface area contributed by atoms with Crippen molar-refractivity contribution in [1.29, 1.82) is 0 Å². The van der Waals surface area contributed by atoms with Gasteiger partial charge in [0.1, 0.15) is 5.82 Å². The van der Waals surface area contributed by atoms with Crippen molar-refractivity contribution in [2.45, 2.75) is 90.5 Å². The highest BCUT2D eigenvalue weighted by Crippen LogP contribution is 2.36. The number of likely N-dealkylation sites (tertiary alicyclic amines) is 1. The van der Waals surface area contributed by atoms with Crippen molar-refractivity contribution in [2.75, 3.05) is 6.54 Å². The van der Waals surface area contributed by atoms with Crippen LogP contribution in [0.1, 0.15) is 72.3 Å². The Labute approximate surface area is 158 Å². The molecule has 0 N–H and O–H groups in total. The molecule has 0 amide bonds. The van der Waals surface area contributed by atoms with Gasteiger partial charge in [-0.3, -0.25) is 4.90 Å². The monoisotopic (exact) mass is 361 g/mol. The molecular weight excluding hydrogens is 328 g/mol. The number of rotatable bonds is 5. The molecule has 1 aromatic rings. The third-order valence-corrected chi connectivity index (χ3v) is 6.36. The number of hydrogen-bond donors (Lipinski definition) is 0. The van der Waals surface area contributed by atoms with Gasteiger partial charge in [-0.1, -0.05) is 38.0 Å². The van der Waals surface area contributed by atoms with Gasteiger partial charge in [0.15, 0.2) is 0 Å². The number of halogens is 1. The molecule has 2 saturated heterocycles. The third kappa shape index (κ3) is 3.85. The number of hydrogen-bond acceptors (Lipinski definition) is 3. The summed E-state index contributed by atoms with van der Waals surface area (Å²) >= 11 is 0. The van der Waals surface area contributed by atoms with Crippen molar-refractivity contribution in [3.05, 3.63) is 29.6 Å². The normalized spacial score (nSPS) is 25.6. The van der Waals surface area contributed by atoms with Crippen LogP contribution in [0.5, 0.6) is 0 Å². The van der Waals surface area contributed by atoms with Crippen molar-refractivity contribution >= 4 is 12.6 Å². The summed E-state index contributed by atoms with van der Waals surface area (Å²) < 4.78 is 27.4. The second-order valence-corrected chi connectivity index (χ2v) is 8.82. The fourth-order valence-electron chi connectivity index (χ4n) is 4.02.